The summed E-state index contributed by atoms with van der Waals surface area (Å²) in [7, 11) is -9.34. The van der Waals surface area contributed by atoms with Gasteiger partial charge < -0.3 is 10.2 Å². The summed E-state index contributed by atoms with van der Waals surface area (Å²) in [6.45, 7) is 2.02. The number of aliphatic hydroxyl groups is 2. The second kappa shape index (κ2) is 12.8. The third-order valence-corrected chi connectivity index (χ3v) is 9.07. The molecule has 40 heavy (non-hydrogen) atoms. The highest BCUT2D eigenvalue weighted by molar-refractivity contribution is 7.86. The summed E-state index contributed by atoms with van der Waals surface area (Å²) < 4.78 is 66.6. The van der Waals surface area contributed by atoms with Crippen molar-refractivity contribution < 1.29 is 36.2 Å². The highest BCUT2D eigenvalue weighted by Gasteiger charge is 2.19. The van der Waals surface area contributed by atoms with E-state index in [0.29, 0.717) is 24.1 Å². The second-order valence-electron chi connectivity index (χ2n) is 9.11. The Morgan fingerprint density at radius 3 is 2.25 bits per heavy atom. The third-order valence-electron chi connectivity index (χ3n) is 6.21. The molecule has 2 aliphatic rings. The summed E-state index contributed by atoms with van der Waals surface area (Å²) in [5.74, 6) is 0. The Hall–Kier alpha value is -2.82. The number of aliphatic hydroxyl groups excluding tert-OH is 2. The maximum absolute atomic E-state index is 11.8. The zero-order chi connectivity index (χ0) is 28.9. The van der Waals surface area contributed by atoms with E-state index in [1.165, 1.54) is 11.3 Å². The van der Waals surface area contributed by atoms with Crippen LogP contribution in [0.3, 0.4) is 0 Å². The molecule has 11 nitrogen and oxygen atoms in total. The number of benzene rings is 3. The van der Waals surface area contributed by atoms with Gasteiger partial charge in [-0.1, -0.05) is 6.07 Å². The van der Waals surface area contributed by atoms with E-state index < -0.39 is 30.0 Å². The lowest BCUT2D eigenvalue weighted by Gasteiger charge is -2.19. The molecule has 0 amide bonds. The summed E-state index contributed by atoms with van der Waals surface area (Å²) in [4.78, 5) is 10.6. The molecule has 0 aromatic heterocycles. The van der Waals surface area contributed by atoms with Gasteiger partial charge in [0.05, 0.1) is 49.9 Å². The number of aryl methyl sites for hydroxylation is 1. The molecule has 2 aromatic rings. The van der Waals surface area contributed by atoms with Crippen LogP contribution in [-0.4, -0.2) is 78.9 Å². The molecule has 1 aliphatic heterocycles. The SMILES string of the molecule is O=S(=O)(O)c1ccc(S(=O)(=O)O)c(N=c2ccc3nc4cc(CCCCN(CCO)CCO)ccc4sc-3c2)c1. The van der Waals surface area contributed by atoms with E-state index in [1.807, 2.05) is 23.1 Å². The van der Waals surface area contributed by atoms with Crippen molar-refractivity contribution in [2.75, 3.05) is 32.8 Å². The summed E-state index contributed by atoms with van der Waals surface area (Å²) >= 11 is 1.46. The minimum absolute atomic E-state index is 0.0634. The molecule has 14 heteroatoms. The number of aromatic nitrogens is 1. The Morgan fingerprint density at radius 2 is 1.57 bits per heavy atom. The van der Waals surface area contributed by atoms with Crippen LogP contribution in [0.1, 0.15) is 18.4 Å². The largest absolute Gasteiger partial charge is 0.395 e. The zero-order valence-corrected chi connectivity index (χ0v) is 23.8. The fourth-order valence-electron chi connectivity index (χ4n) is 4.27. The molecule has 0 atom stereocenters. The fourth-order valence-corrected chi connectivity index (χ4v) is 6.36. The van der Waals surface area contributed by atoms with Gasteiger partial charge in [0, 0.05) is 13.1 Å². The lowest BCUT2D eigenvalue weighted by atomic mass is 10.1. The van der Waals surface area contributed by atoms with Crippen molar-refractivity contribution in [3.63, 3.8) is 0 Å². The maximum Gasteiger partial charge on any atom is 0.296 e. The van der Waals surface area contributed by atoms with Crippen LogP contribution in [0.25, 0.3) is 20.8 Å². The molecule has 0 spiro atoms. The lowest BCUT2D eigenvalue weighted by Crippen LogP contribution is -2.30. The van der Waals surface area contributed by atoms with Gasteiger partial charge in [0.25, 0.3) is 20.2 Å². The Kier molecular flexibility index (Phi) is 9.64. The van der Waals surface area contributed by atoms with Gasteiger partial charge in [0.2, 0.25) is 0 Å². The molecular formula is C26H29N3O8S3. The van der Waals surface area contributed by atoms with Crippen LogP contribution in [0, 0.1) is 0 Å². The van der Waals surface area contributed by atoms with Crippen molar-refractivity contribution >= 4 is 47.5 Å². The Morgan fingerprint density at radius 1 is 0.825 bits per heavy atom. The molecule has 1 aliphatic carbocycles. The molecule has 0 unspecified atom stereocenters. The van der Waals surface area contributed by atoms with E-state index >= 15 is 0 Å². The molecule has 0 saturated heterocycles. The standard InChI is InChI=1S/C26H29N3O8S3/c30-13-11-29(12-14-31)10-2-1-3-18-4-8-24-22(15-18)28-21-7-5-19(16-25(21)38-24)27-23-17-20(39(32,33)34)6-9-26(23)40(35,36)37/h4-9,15-17,30-31H,1-3,10-14H2,(H,32,33,34)(H,35,36,37). The van der Waals surface area contributed by atoms with E-state index in [4.69, 9.17) is 15.2 Å². The number of rotatable bonds is 12. The van der Waals surface area contributed by atoms with E-state index in [9.17, 15) is 25.9 Å². The quantitative estimate of drug-likeness (QED) is 0.106. The van der Waals surface area contributed by atoms with Crippen molar-refractivity contribution in [2.45, 2.75) is 29.1 Å². The third kappa shape index (κ3) is 7.67. The Bertz CT molecular complexity index is 1750. The molecule has 214 valence electrons. The first-order chi connectivity index (χ1) is 19.0. The first kappa shape index (κ1) is 30.1. The van der Waals surface area contributed by atoms with Crippen LogP contribution in [0.4, 0.5) is 5.69 Å². The van der Waals surface area contributed by atoms with Gasteiger partial charge in [-0.25, -0.2) is 9.98 Å². The summed E-state index contributed by atoms with van der Waals surface area (Å²) in [6.07, 6.45) is 2.75. The monoisotopic (exact) mass is 607 g/mol. The molecule has 4 N–H and O–H groups in total. The normalized spacial score (nSPS) is 13.1. The molecule has 4 rings (SSSR count). The number of nitrogens with zero attached hydrogens (tertiary/aromatic N) is 3. The molecule has 0 saturated carbocycles. The predicted molar refractivity (Wildman–Crippen MR) is 151 cm³/mol. The average Bonchev–Trinajstić information content (AvgIpc) is 2.89. The van der Waals surface area contributed by atoms with Crippen LogP contribution in [-0.2, 0) is 26.7 Å². The van der Waals surface area contributed by atoms with Crippen molar-refractivity contribution in [3.8, 4) is 10.6 Å². The van der Waals surface area contributed by atoms with Gasteiger partial charge in [0.1, 0.15) is 4.90 Å². The summed E-state index contributed by atoms with van der Waals surface area (Å²) in [5.41, 5.74) is 2.33. The van der Waals surface area contributed by atoms with E-state index in [-0.39, 0.29) is 18.9 Å². The number of fused-ring (bicyclic) bond motifs is 2. The minimum atomic E-state index is -4.71. The van der Waals surface area contributed by atoms with Gasteiger partial charge >= 0.3 is 0 Å². The van der Waals surface area contributed by atoms with Crippen LogP contribution < -0.4 is 5.36 Å². The second-order valence-corrected chi connectivity index (χ2v) is 13.0. The van der Waals surface area contributed by atoms with E-state index in [0.717, 1.165) is 64.7 Å². The zero-order valence-electron chi connectivity index (χ0n) is 21.3. The highest BCUT2D eigenvalue weighted by atomic mass is 32.2. The van der Waals surface area contributed by atoms with Gasteiger partial charge in [-0.3, -0.25) is 14.0 Å². The molecular weight excluding hydrogens is 579 g/mol. The molecule has 0 fully saturated rings. The highest BCUT2D eigenvalue weighted by Crippen LogP contribution is 2.31. The lowest BCUT2D eigenvalue weighted by molar-refractivity contribution is 0.159. The van der Waals surface area contributed by atoms with Gasteiger partial charge in [-0.05, 0) is 79.9 Å². The summed E-state index contributed by atoms with van der Waals surface area (Å²) in [6, 6.07) is 13.7. The Labute approximate surface area is 235 Å². The van der Waals surface area contributed by atoms with E-state index in [1.54, 1.807) is 18.2 Å². The smallest absolute Gasteiger partial charge is 0.296 e. The fraction of sp³-hybridized carbons (Fsp3) is 0.308. The van der Waals surface area contributed by atoms with Crippen molar-refractivity contribution in [3.05, 3.63) is 65.5 Å². The Balaban J connectivity index is 1.60. The topological polar surface area (TPSA) is 178 Å². The maximum atomic E-state index is 11.8. The first-order valence-electron chi connectivity index (χ1n) is 12.4. The molecule has 0 radical (unpaired) electrons. The van der Waals surface area contributed by atoms with Crippen molar-refractivity contribution in [2.24, 2.45) is 4.99 Å². The van der Waals surface area contributed by atoms with Crippen molar-refractivity contribution in [1.29, 1.82) is 0 Å². The van der Waals surface area contributed by atoms with Crippen LogP contribution in [0.2, 0.25) is 0 Å². The average molecular weight is 608 g/mol. The van der Waals surface area contributed by atoms with E-state index in [2.05, 4.69) is 4.99 Å². The van der Waals surface area contributed by atoms with Crippen LogP contribution in [0.5, 0.6) is 0 Å². The molecule has 1 heterocycles. The minimum Gasteiger partial charge on any atom is -0.395 e. The predicted octanol–water partition coefficient (Wildman–Crippen LogP) is 2.74. The number of hydrogen-bond acceptors (Lipinski definition) is 10. The van der Waals surface area contributed by atoms with Gasteiger partial charge in [-0.2, -0.15) is 16.8 Å². The van der Waals surface area contributed by atoms with Crippen LogP contribution >= 0.6 is 11.3 Å². The summed E-state index contributed by atoms with van der Waals surface area (Å²) in [5, 5.41) is 18.6. The van der Waals surface area contributed by atoms with Gasteiger partial charge in [-0.15, -0.1) is 11.3 Å². The van der Waals surface area contributed by atoms with Crippen LogP contribution in [0.15, 0.2) is 69.4 Å². The first-order valence-corrected chi connectivity index (χ1v) is 16.1. The number of hydrogen-bond donors (Lipinski definition) is 4. The molecule has 2 aromatic carbocycles. The van der Waals surface area contributed by atoms with Crippen molar-refractivity contribution in [1.82, 2.24) is 9.88 Å². The molecule has 0 bridgehead atoms. The number of unbranched alkanes of at least 4 members (excludes halogenated alkanes) is 1. The van der Waals surface area contributed by atoms with Gasteiger partial charge in [0.15, 0.2) is 0 Å².